The molecule has 2 rings (SSSR count). The van der Waals surface area contributed by atoms with E-state index in [0.29, 0.717) is 6.04 Å². The lowest BCUT2D eigenvalue weighted by Crippen LogP contribution is -2.35. The predicted molar refractivity (Wildman–Crippen MR) is 65.5 cm³/mol. The molecule has 1 aromatic carbocycles. The number of halogens is 2. The molecule has 1 unspecified atom stereocenters. The van der Waals surface area contributed by atoms with Gasteiger partial charge in [-0.2, -0.15) is 0 Å². The zero-order valence-electron chi connectivity index (χ0n) is 9.96. The van der Waals surface area contributed by atoms with Crippen molar-refractivity contribution in [1.29, 1.82) is 0 Å². The molecule has 0 spiro atoms. The van der Waals surface area contributed by atoms with Gasteiger partial charge in [-0.15, -0.1) is 0 Å². The highest BCUT2D eigenvalue weighted by molar-refractivity contribution is 5.28. The van der Waals surface area contributed by atoms with Crippen LogP contribution in [0, 0.1) is 0 Å². The van der Waals surface area contributed by atoms with Crippen molar-refractivity contribution >= 4 is 0 Å². The molecule has 1 nitrogen and oxygen atoms in total. The molecular weight excluding hydrogens is 220 g/mol. The topological polar surface area (TPSA) is 12.0 Å². The fraction of sp³-hybridized carbons (Fsp3) is 0.571. The van der Waals surface area contributed by atoms with Gasteiger partial charge in [0.25, 0.3) is 0 Å². The second kappa shape index (κ2) is 6.10. The van der Waals surface area contributed by atoms with Gasteiger partial charge < -0.3 is 5.32 Å². The van der Waals surface area contributed by atoms with Gasteiger partial charge in [-0.3, -0.25) is 0 Å². The van der Waals surface area contributed by atoms with Crippen molar-refractivity contribution in [3.63, 3.8) is 0 Å². The Labute approximate surface area is 101 Å². The van der Waals surface area contributed by atoms with E-state index >= 15 is 0 Å². The number of nitrogens with one attached hydrogen (secondary N) is 1. The molecule has 94 valence electrons. The Morgan fingerprint density at radius 3 is 2.59 bits per heavy atom. The van der Waals surface area contributed by atoms with Crippen molar-refractivity contribution in [1.82, 2.24) is 5.32 Å². The first-order valence-electron chi connectivity index (χ1n) is 6.34. The van der Waals surface area contributed by atoms with Crippen LogP contribution in [0.1, 0.15) is 30.4 Å². The minimum absolute atomic E-state index is 0.122. The first-order valence-corrected chi connectivity index (χ1v) is 6.34. The average molecular weight is 239 g/mol. The second-order valence-electron chi connectivity index (χ2n) is 4.71. The van der Waals surface area contributed by atoms with E-state index in [4.69, 9.17) is 0 Å². The number of alkyl halides is 2. The van der Waals surface area contributed by atoms with Crippen LogP contribution >= 0.6 is 0 Å². The van der Waals surface area contributed by atoms with Gasteiger partial charge in [0.05, 0.1) is 0 Å². The van der Waals surface area contributed by atoms with Crippen molar-refractivity contribution in [2.45, 2.75) is 44.6 Å². The highest BCUT2D eigenvalue weighted by Crippen LogP contribution is 2.18. The van der Waals surface area contributed by atoms with E-state index < -0.39 is 6.43 Å². The molecule has 1 aliphatic rings. The molecule has 0 saturated carbocycles. The lowest BCUT2D eigenvalue weighted by atomic mass is 9.94. The number of rotatable bonds is 4. The summed E-state index contributed by atoms with van der Waals surface area (Å²) in [6.45, 7) is 1.06. The van der Waals surface area contributed by atoms with Gasteiger partial charge in [-0.1, -0.05) is 30.7 Å². The van der Waals surface area contributed by atoms with E-state index in [0.717, 1.165) is 30.5 Å². The van der Waals surface area contributed by atoms with Crippen molar-refractivity contribution < 1.29 is 8.78 Å². The van der Waals surface area contributed by atoms with Crippen LogP contribution in [0.25, 0.3) is 0 Å². The summed E-state index contributed by atoms with van der Waals surface area (Å²) >= 11 is 0. The summed E-state index contributed by atoms with van der Waals surface area (Å²) in [7, 11) is 0. The van der Waals surface area contributed by atoms with Crippen molar-refractivity contribution in [3.05, 3.63) is 35.4 Å². The maximum atomic E-state index is 12.5. The van der Waals surface area contributed by atoms with Gasteiger partial charge in [0.15, 0.2) is 0 Å². The molecule has 17 heavy (non-hydrogen) atoms. The highest BCUT2D eigenvalue weighted by Gasteiger charge is 2.15. The largest absolute Gasteiger partial charge is 0.314 e. The first-order chi connectivity index (χ1) is 8.25. The monoisotopic (exact) mass is 239 g/mol. The van der Waals surface area contributed by atoms with Gasteiger partial charge in [-0.25, -0.2) is 8.78 Å². The molecule has 0 aromatic heterocycles. The molecule has 1 aliphatic heterocycles. The van der Waals surface area contributed by atoms with Crippen LogP contribution in [0.3, 0.4) is 0 Å². The van der Waals surface area contributed by atoms with Gasteiger partial charge in [0.1, 0.15) is 0 Å². The molecule has 0 bridgehead atoms. The fourth-order valence-electron chi connectivity index (χ4n) is 2.49. The number of piperidine rings is 1. The van der Waals surface area contributed by atoms with E-state index in [-0.39, 0.29) is 6.42 Å². The van der Waals surface area contributed by atoms with E-state index in [9.17, 15) is 8.78 Å². The van der Waals surface area contributed by atoms with E-state index in [1.165, 1.54) is 12.8 Å². The molecule has 0 amide bonds. The minimum atomic E-state index is -2.25. The Bertz CT molecular complexity index is 346. The minimum Gasteiger partial charge on any atom is -0.314 e. The number of hydrogen-bond acceptors (Lipinski definition) is 1. The molecule has 1 saturated heterocycles. The fourth-order valence-corrected chi connectivity index (χ4v) is 2.49. The quantitative estimate of drug-likeness (QED) is 0.851. The van der Waals surface area contributed by atoms with Gasteiger partial charge in [-0.05, 0) is 36.9 Å². The second-order valence-corrected chi connectivity index (χ2v) is 4.71. The predicted octanol–water partition coefficient (Wildman–Crippen LogP) is 3.18. The summed E-state index contributed by atoms with van der Waals surface area (Å²) in [5.41, 5.74) is 1.88. The third kappa shape index (κ3) is 3.77. The maximum Gasteiger partial charge on any atom is 0.242 e. The van der Waals surface area contributed by atoms with E-state index in [2.05, 4.69) is 5.32 Å². The molecule has 1 N–H and O–H groups in total. The van der Waals surface area contributed by atoms with E-state index in [1.807, 2.05) is 24.3 Å². The lowest BCUT2D eigenvalue weighted by Gasteiger charge is -2.24. The maximum absolute atomic E-state index is 12.5. The summed E-state index contributed by atoms with van der Waals surface area (Å²) in [5, 5.41) is 3.46. The van der Waals surface area contributed by atoms with Crippen molar-refractivity contribution in [2.75, 3.05) is 6.54 Å². The zero-order valence-corrected chi connectivity index (χ0v) is 9.96. The number of benzene rings is 1. The molecule has 1 atom stereocenters. The lowest BCUT2D eigenvalue weighted by molar-refractivity contribution is 0.148. The molecule has 0 radical (unpaired) electrons. The van der Waals surface area contributed by atoms with Gasteiger partial charge >= 0.3 is 0 Å². The molecule has 1 heterocycles. The normalized spacial score (nSPS) is 20.8. The van der Waals surface area contributed by atoms with Crippen LogP contribution in [0.5, 0.6) is 0 Å². The van der Waals surface area contributed by atoms with Crippen LogP contribution in [0.2, 0.25) is 0 Å². The Kier molecular flexibility index (Phi) is 4.49. The highest BCUT2D eigenvalue weighted by atomic mass is 19.3. The molecule has 3 heteroatoms. The summed E-state index contributed by atoms with van der Waals surface area (Å²) < 4.78 is 24.9. The zero-order chi connectivity index (χ0) is 12.1. The summed E-state index contributed by atoms with van der Waals surface area (Å²) in [6, 6.07) is 8.05. The molecule has 1 fully saturated rings. The standard InChI is InChI=1S/C14H19F2N/c15-14(16)10-12-6-2-1-5-11(12)9-13-7-3-4-8-17-13/h1-2,5-6,13-14,17H,3-4,7-10H2. The van der Waals surface area contributed by atoms with Crippen LogP contribution in [0.4, 0.5) is 8.78 Å². The van der Waals surface area contributed by atoms with E-state index in [1.54, 1.807) is 0 Å². The number of hydrogen-bond donors (Lipinski definition) is 1. The summed E-state index contributed by atoms with van der Waals surface area (Å²) in [4.78, 5) is 0. The molecule has 1 aromatic rings. The Morgan fingerprint density at radius 2 is 1.94 bits per heavy atom. The Morgan fingerprint density at radius 1 is 1.18 bits per heavy atom. The Hall–Kier alpha value is -0.960. The Balaban J connectivity index is 2.03. The smallest absolute Gasteiger partial charge is 0.242 e. The first kappa shape index (κ1) is 12.5. The van der Waals surface area contributed by atoms with Gasteiger partial charge in [0.2, 0.25) is 6.43 Å². The summed E-state index contributed by atoms with van der Waals surface area (Å²) in [5.74, 6) is 0. The van der Waals surface area contributed by atoms with Crippen LogP contribution in [0.15, 0.2) is 24.3 Å². The van der Waals surface area contributed by atoms with Crippen molar-refractivity contribution in [3.8, 4) is 0 Å². The van der Waals surface area contributed by atoms with Crippen LogP contribution in [-0.4, -0.2) is 19.0 Å². The van der Waals surface area contributed by atoms with Crippen LogP contribution in [-0.2, 0) is 12.8 Å². The average Bonchev–Trinajstić information content (AvgIpc) is 2.32. The third-order valence-electron chi connectivity index (χ3n) is 3.37. The molecular formula is C14H19F2N. The van der Waals surface area contributed by atoms with Gasteiger partial charge in [0, 0.05) is 12.5 Å². The van der Waals surface area contributed by atoms with Crippen LogP contribution < -0.4 is 5.32 Å². The third-order valence-corrected chi connectivity index (χ3v) is 3.37. The summed E-state index contributed by atoms with van der Waals surface area (Å²) in [6.07, 6.45) is 2.13. The molecule has 0 aliphatic carbocycles. The SMILES string of the molecule is FC(F)Cc1ccccc1CC1CCCCN1. The van der Waals surface area contributed by atoms with Crippen molar-refractivity contribution in [2.24, 2.45) is 0 Å².